The highest BCUT2D eigenvalue weighted by molar-refractivity contribution is 6.01. The Balaban J connectivity index is 1.81. The van der Waals surface area contributed by atoms with Crippen molar-refractivity contribution >= 4 is 46.0 Å². The first-order chi connectivity index (χ1) is 21.6. The second-order valence-corrected chi connectivity index (χ2v) is 11.1. The van der Waals surface area contributed by atoms with Crippen LogP contribution in [0.5, 0.6) is 5.88 Å². The Hall–Kier alpha value is -5.34. The van der Waals surface area contributed by atoms with Gasteiger partial charge in [0.1, 0.15) is 11.3 Å². The molecule has 3 heterocycles. The predicted molar refractivity (Wildman–Crippen MR) is 169 cm³/mol. The molecular formula is C31H35F3N8O4. The Labute approximate surface area is 263 Å². The Bertz CT molecular complexity index is 1750. The maximum absolute atomic E-state index is 13.3. The molecule has 1 aromatic carbocycles. The van der Waals surface area contributed by atoms with Gasteiger partial charge in [-0.15, -0.1) is 0 Å². The summed E-state index contributed by atoms with van der Waals surface area (Å²) in [6.45, 7) is 8.62. The van der Waals surface area contributed by atoms with E-state index in [0.717, 1.165) is 27.6 Å². The summed E-state index contributed by atoms with van der Waals surface area (Å²) >= 11 is 0. The number of halogens is 3. The molecule has 0 radical (unpaired) electrons. The van der Waals surface area contributed by atoms with Crippen LogP contribution < -0.4 is 20.4 Å². The zero-order valence-electron chi connectivity index (χ0n) is 26.3. The number of fused-ring (bicyclic) bond motifs is 1. The van der Waals surface area contributed by atoms with E-state index >= 15 is 0 Å². The zero-order valence-corrected chi connectivity index (χ0v) is 26.3. The van der Waals surface area contributed by atoms with Crippen LogP contribution in [-0.4, -0.2) is 68.5 Å². The lowest BCUT2D eigenvalue weighted by Gasteiger charge is -2.34. The number of hydrogen-bond donors (Lipinski definition) is 2. The number of alkyl halides is 3. The van der Waals surface area contributed by atoms with Gasteiger partial charge < -0.3 is 24.7 Å². The van der Waals surface area contributed by atoms with Gasteiger partial charge in [0.05, 0.1) is 11.4 Å². The molecule has 4 aromatic rings. The fraction of sp³-hybridized carbons (Fsp3) is 0.323. The zero-order chi connectivity index (χ0) is 33.8. The molecule has 0 saturated heterocycles. The van der Waals surface area contributed by atoms with E-state index in [1.54, 1.807) is 33.8 Å². The minimum absolute atomic E-state index is 0.0224. The highest BCUT2D eigenvalue weighted by Gasteiger charge is 2.31. The van der Waals surface area contributed by atoms with Crippen LogP contribution in [0.3, 0.4) is 0 Å². The fourth-order valence-corrected chi connectivity index (χ4v) is 4.48. The molecule has 3 aromatic heterocycles. The van der Waals surface area contributed by atoms with Crippen LogP contribution >= 0.6 is 0 Å². The third-order valence-corrected chi connectivity index (χ3v) is 6.42. The summed E-state index contributed by atoms with van der Waals surface area (Å²) < 4.78 is 52.6. The number of pyridine rings is 1. The molecule has 0 saturated carbocycles. The van der Waals surface area contributed by atoms with Gasteiger partial charge in [-0.25, -0.2) is 19.8 Å². The normalized spacial score (nSPS) is 11.6. The average Bonchev–Trinajstić information content (AvgIpc) is 3.32. The van der Waals surface area contributed by atoms with Crippen molar-refractivity contribution in [2.45, 2.75) is 39.5 Å². The van der Waals surface area contributed by atoms with E-state index in [1.807, 2.05) is 42.1 Å². The highest BCUT2D eigenvalue weighted by atomic mass is 19.4. The quantitative estimate of drug-likeness (QED) is 0.149. The van der Waals surface area contributed by atoms with Crippen LogP contribution in [0.4, 0.5) is 41.1 Å². The fourth-order valence-electron chi connectivity index (χ4n) is 4.48. The van der Waals surface area contributed by atoms with Crippen LogP contribution in [0.15, 0.2) is 61.4 Å². The summed E-state index contributed by atoms with van der Waals surface area (Å²) in [5, 5.41) is 8.84. The molecular weight excluding hydrogens is 605 g/mol. The molecule has 4 rings (SSSR count). The number of carbonyl (C=O) groups is 2. The summed E-state index contributed by atoms with van der Waals surface area (Å²) in [6, 6.07) is 10.8. The van der Waals surface area contributed by atoms with Crippen molar-refractivity contribution in [2.24, 2.45) is 7.05 Å². The van der Waals surface area contributed by atoms with Crippen molar-refractivity contribution < 1.29 is 32.2 Å². The van der Waals surface area contributed by atoms with Crippen LogP contribution in [0, 0.1) is 0 Å². The topological polar surface area (TPSA) is 127 Å². The van der Waals surface area contributed by atoms with Crippen molar-refractivity contribution in [2.75, 3.05) is 35.8 Å². The van der Waals surface area contributed by atoms with Gasteiger partial charge in [0.25, 0.3) is 0 Å². The third kappa shape index (κ3) is 8.02. The first-order valence-corrected chi connectivity index (χ1v) is 14.2. The molecule has 15 heteroatoms. The summed E-state index contributed by atoms with van der Waals surface area (Å²) in [4.78, 5) is 38.6. The van der Waals surface area contributed by atoms with Gasteiger partial charge in [-0.2, -0.15) is 18.2 Å². The van der Waals surface area contributed by atoms with Crippen molar-refractivity contribution in [1.29, 1.82) is 0 Å². The third-order valence-electron chi connectivity index (χ3n) is 6.42. The number of para-hydroxylation sites is 1. The predicted octanol–water partition coefficient (Wildman–Crippen LogP) is 6.45. The number of rotatable bonds is 10. The van der Waals surface area contributed by atoms with Crippen LogP contribution in [-0.2, 0) is 16.6 Å². The Morgan fingerprint density at radius 1 is 1.11 bits per heavy atom. The maximum Gasteiger partial charge on any atom is 0.429 e. The average molecular weight is 641 g/mol. The van der Waals surface area contributed by atoms with Crippen LogP contribution in [0.25, 0.3) is 22.2 Å². The summed E-state index contributed by atoms with van der Waals surface area (Å²) in [5.41, 5.74) is 1.44. The van der Waals surface area contributed by atoms with E-state index in [2.05, 4.69) is 32.2 Å². The molecule has 0 spiro atoms. The first-order valence-electron chi connectivity index (χ1n) is 14.2. The first kappa shape index (κ1) is 33.6. The van der Waals surface area contributed by atoms with Gasteiger partial charge in [0.15, 0.2) is 12.4 Å². The molecule has 2 amide bonds. The van der Waals surface area contributed by atoms with E-state index in [4.69, 9.17) is 9.47 Å². The number of ether oxygens (including phenoxy) is 2. The molecule has 0 unspecified atom stereocenters. The number of nitrogens with zero attached hydrogens (tertiary/aromatic N) is 6. The number of aryl methyl sites for hydroxylation is 1. The maximum atomic E-state index is 13.3. The SMILES string of the molecule is C=CC(=O)Nc1cc(Nc2nccc(-c3cn(C)c4ccccc34)n2)c(OCC(F)(F)F)nc1N(CC)N(C)C(=O)OC(C)(C)C. The Kier molecular flexibility index (Phi) is 9.73. The van der Waals surface area contributed by atoms with Crippen molar-refractivity contribution in [3.05, 3.63) is 61.4 Å². The number of nitrogens with one attached hydrogen (secondary N) is 2. The number of amides is 2. The second kappa shape index (κ2) is 13.3. The molecule has 2 N–H and O–H groups in total. The molecule has 244 valence electrons. The number of aromatic nitrogens is 4. The number of benzene rings is 1. The number of anilines is 4. The monoisotopic (exact) mass is 640 g/mol. The van der Waals surface area contributed by atoms with Crippen LogP contribution in [0.2, 0.25) is 0 Å². The summed E-state index contributed by atoms with van der Waals surface area (Å²) in [6.07, 6.45) is -1.04. The van der Waals surface area contributed by atoms with E-state index in [0.29, 0.717) is 5.69 Å². The van der Waals surface area contributed by atoms with E-state index < -0.39 is 36.3 Å². The molecule has 0 aliphatic rings. The number of hydrazine groups is 1. The number of hydrogen-bond acceptors (Lipinski definition) is 9. The lowest BCUT2D eigenvalue weighted by Crippen LogP contribution is -2.47. The lowest BCUT2D eigenvalue weighted by molar-refractivity contribution is -0.153. The minimum atomic E-state index is -4.70. The minimum Gasteiger partial charge on any atom is -0.466 e. The summed E-state index contributed by atoms with van der Waals surface area (Å²) in [7, 11) is 3.30. The largest absolute Gasteiger partial charge is 0.466 e. The summed E-state index contributed by atoms with van der Waals surface area (Å²) in [5.74, 6) is -1.20. The van der Waals surface area contributed by atoms with E-state index in [-0.39, 0.29) is 29.7 Å². The second-order valence-electron chi connectivity index (χ2n) is 11.1. The number of carbonyl (C=O) groups excluding carboxylic acids is 2. The molecule has 46 heavy (non-hydrogen) atoms. The van der Waals surface area contributed by atoms with E-state index in [9.17, 15) is 22.8 Å². The van der Waals surface area contributed by atoms with Gasteiger partial charge in [-0.05, 0) is 52.0 Å². The molecule has 0 fully saturated rings. The Morgan fingerprint density at radius 3 is 2.48 bits per heavy atom. The lowest BCUT2D eigenvalue weighted by atomic mass is 10.1. The molecule has 12 nitrogen and oxygen atoms in total. The molecule has 0 bridgehead atoms. The highest BCUT2D eigenvalue weighted by Crippen LogP contribution is 2.37. The van der Waals surface area contributed by atoms with Crippen LogP contribution in [0.1, 0.15) is 27.7 Å². The van der Waals surface area contributed by atoms with Crippen molar-refractivity contribution in [1.82, 2.24) is 24.5 Å². The van der Waals surface area contributed by atoms with E-state index in [1.165, 1.54) is 24.3 Å². The van der Waals surface area contributed by atoms with Gasteiger partial charge >= 0.3 is 12.3 Å². The molecule has 0 atom stereocenters. The smallest absolute Gasteiger partial charge is 0.429 e. The molecule has 0 aliphatic carbocycles. The van der Waals surface area contributed by atoms with Crippen molar-refractivity contribution in [3.8, 4) is 17.1 Å². The Morgan fingerprint density at radius 2 is 1.83 bits per heavy atom. The van der Waals surface area contributed by atoms with Crippen molar-refractivity contribution in [3.63, 3.8) is 0 Å². The molecule has 0 aliphatic heterocycles. The van der Waals surface area contributed by atoms with Gasteiger partial charge in [0, 0.05) is 49.5 Å². The standard InChI is InChI=1S/C31H35F3N8O4/c1-8-25(43)36-22-16-23(38-28-35-15-14-21(37-28)20-17-40(6)24-13-11-10-12-19(20)24)27(45-18-31(32,33)34)39-26(22)42(9-2)41(7)29(44)46-30(3,4)5/h8,10-17H,1,9,18H2,2-7H3,(H,36,43)(H,35,37,38). The van der Waals surface area contributed by atoms with Gasteiger partial charge in [-0.1, -0.05) is 24.8 Å². The van der Waals surface area contributed by atoms with Gasteiger partial charge in [0.2, 0.25) is 17.7 Å². The van der Waals surface area contributed by atoms with Gasteiger partial charge in [-0.3, -0.25) is 9.80 Å².